The van der Waals surface area contributed by atoms with E-state index in [4.69, 9.17) is 12.2 Å². The van der Waals surface area contributed by atoms with Crippen molar-refractivity contribution in [1.82, 2.24) is 5.01 Å². The number of hydrogen-bond donors (Lipinski definition) is 1. The highest BCUT2D eigenvalue weighted by molar-refractivity contribution is 7.80. The SMILES string of the molecule is C=C1N=NC(=S)N(/N=C/c2cccc(O)c2)C1=O. The van der Waals surface area contributed by atoms with Crippen molar-refractivity contribution < 1.29 is 9.90 Å². The standard InChI is InChI=1S/C11H8N4O2S/c1-7-10(17)15(11(18)14-13-7)12-6-8-3-2-4-9(16)5-8/h2-6,16H,1H2/b12-6+. The minimum atomic E-state index is -0.522. The third-order valence-corrected chi connectivity index (χ3v) is 2.32. The van der Waals surface area contributed by atoms with E-state index in [1.54, 1.807) is 12.1 Å². The van der Waals surface area contributed by atoms with Crippen LogP contribution in [0.3, 0.4) is 0 Å². The number of phenolic OH excluding ortho intramolecular Hbond substituents is 1. The van der Waals surface area contributed by atoms with Crippen molar-refractivity contribution in [3.05, 3.63) is 42.1 Å². The molecule has 1 N–H and O–H groups in total. The van der Waals surface area contributed by atoms with E-state index in [-0.39, 0.29) is 16.6 Å². The summed E-state index contributed by atoms with van der Waals surface area (Å²) in [6.07, 6.45) is 1.39. The Kier molecular flexibility index (Phi) is 3.24. The van der Waals surface area contributed by atoms with Gasteiger partial charge >= 0.3 is 5.91 Å². The molecule has 0 unspecified atom stereocenters. The maximum absolute atomic E-state index is 11.6. The second-order valence-electron chi connectivity index (χ2n) is 3.39. The Morgan fingerprint density at radius 3 is 2.94 bits per heavy atom. The van der Waals surface area contributed by atoms with E-state index >= 15 is 0 Å². The summed E-state index contributed by atoms with van der Waals surface area (Å²) in [6, 6.07) is 6.41. The Balaban J connectivity index is 2.23. The summed E-state index contributed by atoms with van der Waals surface area (Å²) in [6.45, 7) is 3.42. The van der Waals surface area contributed by atoms with Crippen LogP contribution in [0.25, 0.3) is 0 Å². The lowest BCUT2D eigenvalue weighted by molar-refractivity contribution is -0.123. The molecule has 0 aliphatic carbocycles. The molecule has 0 fully saturated rings. The molecule has 1 heterocycles. The fraction of sp³-hybridized carbons (Fsp3) is 0. The van der Waals surface area contributed by atoms with E-state index in [2.05, 4.69) is 21.9 Å². The van der Waals surface area contributed by atoms with Crippen molar-refractivity contribution in [2.75, 3.05) is 0 Å². The number of hydrogen-bond acceptors (Lipinski definition) is 5. The van der Waals surface area contributed by atoms with E-state index in [0.29, 0.717) is 5.56 Å². The van der Waals surface area contributed by atoms with Crippen LogP contribution in [0.1, 0.15) is 5.56 Å². The van der Waals surface area contributed by atoms with Gasteiger partial charge in [0, 0.05) is 0 Å². The van der Waals surface area contributed by atoms with Crippen LogP contribution in [0.4, 0.5) is 0 Å². The first-order valence-corrected chi connectivity index (χ1v) is 5.31. The highest BCUT2D eigenvalue weighted by atomic mass is 32.1. The van der Waals surface area contributed by atoms with Crippen molar-refractivity contribution in [2.24, 2.45) is 15.3 Å². The number of benzene rings is 1. The lowest BCUT2D eigenvalue weighted by atomic mass is 10.2. The summed E-state index contributed by atoms with van der Waals surface area (Å²) in [4.78, 5) is 11.6. The molecule has 7 heteroatoms. The second kappa shape index (κ2) is 4.84. The fourth-order valence-corrected chi connectivity index (χ4v) is 1.40. The summed E-state index contributed by atoms with van der Waals surface area (Å²) in [7, 11) is 0. The summed E-state index contributed by atoms with van der Waals surface area (Å²) in [5.41, 5.74) is 0.593. The van der Waals surface area contributed by atoms with E-state index in [1.165, 1.54) is 18.3 Å². The molecule has 18 heavy (non-hydrogen) atoms. The number of azo groups is 1. The lowest BCUT2D eigenvalue weighted by Crippen LogP contribution is -2.33. The van der Waals surface area contributed by atoms with Gasteiger partial charge in [0.25, 0.3) is 0 Å². The fourth-order valence-electron chi connectivity index (χ4n) is 1.23. The molecule has 90 valence electrons. The van der Waals surface area contributed by atoms with Crippen molar-refractivity contribution in [3.63, 3.8) is 0 Å². The predicted octanol–water partition coefficient (Wildman–Crippen LogP) is 1.82. The molecule has 0 spiro atoms. The minimum Gasteiger partial charge on any atom is -0.508 e. The molecule has 2 rings (SSSR count). The average Bonchev–Trinajstić information content (AvgIpc) is 2.34. The molecule has 1 aliphatic rings. The smallest absolute Gasteiger partial charge is 0.300 e. The van der Waals surface area contributed by atoms with E-state index in [1.807, 2.05) is 0 Å². The zero-order chi connectivity index (χ0) is 13.1. The number of carbonyl (C=O) groups is 1. The zero-order valence-electron chi connectivity index (χ0n) is 9.15. The average molecular weight is 260 g/mol. The Morgan fingerprint density at radius 2 is 2.22 bits per heavy atom. The molecular weight excluding hydrogens is 252 g/mol. The van der Waals surface area contributed by atoms with Gasteiger partial charge in [-0.05, 0) is 29.9 Å². The van der Waals surface area contributed by atoms with Crippen LogP contribution in [-0.2, 0) is 4.79 Å². The van der Waals surface area contributed by atoms with Gasteiger partial charge in [0.05, 0.1) is 6.21 Å². The monoisotopic (exact) mass is 260 g/mol. The highest BCUT2D eigenvalue weighted by Crippen LogP contribution is 2.13. The minimum absolute atomic E-state index is 0.0309. The quantitative estimate of drug-likeness (QED) is 0.500. The Labute approximate surface area is 108 Å². The number of rotatable bonds is 2. The van der Waals surface area contributed by atoms with Gasteiger partial charge in [0.1, 0.15) is 11.4 Å². The molecule has 1 aromatic rings. The molecule has 6 nitrogen and oxygen atoms in total. The van der Waals surface area contributed by atoms with E-state index in [0.717, 1.165) is 5.01 Å². The molecule has 1 amide bonds. The Hall–Kier alpha value is -2.41. The molecule has 0 aromatic heterocycles. The number of carbonyl (C=O) groups excluding carboxylic acids is 1. The first-order valence-electron chi connectivity index (χ1n) is 4.90. The van der Waals surface area contributed by atoms with Gasteiger partial charge in [-0.25, -0.2) is 0 Å². The zero-order valence-corrected chi connectivity index (χ0v) is 9.96. The number of phenols is 1. The van der Waals surface area contributed by atoms with Gasteiger partial charge < -0.3 is 5.11 Å². The molecule has 0 bridgehead atoms. The molecule has 0 atom stereocenters. The second-order valence-corrected chi connectivity index (χ2v) is 3.75. The van der Waals surface area contributed by atoms with Gasteiger partial charge in [0.15, 0.2) is 0 Å². The van der Waals surface area contributed by atoms with E-state index < -0.39 is 5.91 Å². The van der Waals surface area contributed by atoms with Crippen LogP contribution >= 0.6 is 12.2 Å². The molecule has 0 radical (unpaired) electrons. The first-order chi connectivity index (χ1) is 8.58. The number of hydrazone groups is 1. The molecular formula is C11H8N4O2S. The van der Waals surface area contributed by atoms with Gasteiger partial charge in [-0.15, -0.1) is 10.2 Å². The largest absolute Gasteiger partial charge is 0.508 e. The summed E-state index contributed by atoms with van der Waals surface area (Å²) >= 11 is 4.84. The predicted molar refractivity (Wildman–Crippen MR) is 69.1 cm³/mol. The number of aromatic hydroxyl groups is 1. The Morgan fingerprint density at radius 1 is 1.44 bits per heavy atom. The topological polar surface area (TPSA) is 77.6 Å². The third kappa shape index (κ3) is 2.46. The van der Waals surface area contributed by atoms with E-state index in [9.17, 15) is 9.90 Å². The number of thiocarbonyl (C=S) groups is 1. The van der Waals surface area contributed by atoms with Crippen molar-refractivity contribution in [1.29, 1.82) is 0 Å². The third-order valence-electron chi connectivity index (χ3n) is 2.07. The van der Waals surface area contributed by atoms with Gasteiger partial charge in [-0.1, -0.05) is 18.7 Å². The number of nitrogens with zero attached hydrogens (tertiary/aromatic N) is 4. The van der Waals surface area contributed by atoms with Gasteiger partial charge in [-0.2, -0.15) is 10.1 Å². The summed E-state index contributed by atoms with van der Waals surface area (Å²) < 4.78 is 0. The van der Waals surface area contributed by atoms with Crippen LogP contribution in [0.5, 0.6) is 5.75 Å². The molecule has 0 saturated carbocycles. The van der Waals surface area contributed by atoms with Crippen LogP contribution in [0.2, 0.25) is 0 Å². The summed E-state index contributed by atoms with van der Waals surface area (Å²) in [5, 5.41) is 21.1. The van der Waals surface area contributed by atoms with Crippen LogP contribution in [0.15, 0.2) is 51.9 Å². The van der Waals surface area contributed by atoms with Crippen molar-refractivity contribution >= 4 is 29.5 Å². The maximum Gasteiger partial charge on any atom is 0.300 e. The van der Waals surface area contributed by atoms with Crippen LogP contribution < -0.4 is 0 Å². The van der Waals surface area contributed by atoms with Crippen molar-refractivity contribution in [2.45, 2.75) is 0 Å². The molecule has 0 saturated heterocycles. The highest BCUT2D eigenvalue weighted by Gasteiger charge is 2.24. The van der Waals surface area contributed by atoms with Crippen molar-refractivity contribution in [3.8, 4) is 5.75 Å². The Bertz CT molecular complexity index is 594. The normalized spacial score (nSPS) is 15.8. The lowest BCUT2D eigenvalue weighted by Gasteiger charge is -2.16. The van der Waals surface area contributed by atoms with Crippen LogP contribution in [-0.4, -0.2) is 27.3 Å². The van der Waals surface area contributed by atoms with Crippen LogP contribution in [0, 0.1) is 0 Å². The number of amides is 1. The molecule has 1 aromatic carbocycles. The maximum atomic E-state index is 11.6. The summed E-state index contributed by atoms with van der Waals surface area (Å²) in [5.74, 6) is -0.415. The van der Waals surface area contributed by atoms with Gasteiger partial charge in [0.2, 0.25) is 5.11 Å². The van der Waals surface area contributed by atoms with Gasteiger partial charge in [-0.3, -0.25) is 4.79 Å². The molecule has 1 aliphatic heterocycles. The first kappa shape index (κ1) is 12.1.